The Hall–Kier alpha value is -2.73. The van der Waals surface area contributed by atoms with Crippen molar-refractivity contribution in [2.24, 2.45) is 0 Å². The van der Waals surface area contributed by atoms with Gasteiger partial charge in [-0.15, -0.1) is 0 Å². The number of ether oxygens (including phenoxy) is 1. The standard InChI is InChI=1S/C21H21ClN4O2/c1-5-28-19(27)18-16-8-12-10-23-20(21(2,3)4)25-17(12)14-9-13(22)6-7-15(14)26(16)11-24-18/h6-7,9-11H,5,8H2,1-4H3. The van der Waals surface area contributed by atoms with Crippen LogP contribution in [0.3, 0.4) is 0 Å². The second kappa shape index (κ2) is 6.71. The molecule has 1 aliphatic heterocycles. The Kier molecular flexibility index (Phi) is 4.46. The van der Waals surface area contributed by atoms with Gasteiger partial charge in [0.25, 0.3) is 0 Å². The predicted octanol–water partition coefficient (Wildman–Crippen LogP) is 4.36. The Bertz CT molecular complexity index is 1080. The van der Waals surface area contributed by atoms with Crippen molar-refractivity contribution in [3.8, 4) is 16.9 Å². The van der Waals surface area contributed by atoms with Crippen LogP contribution in [0.1, 0.15) is 55.3 Å². The number of fused-ring (bicyclic) bond motifs is 5. The summed E-state index contributed by atoms with van der Waals surface area (Å²) in [5, 5.41) is 0.620. The average Bonchev–Trinajstić information content (AvgIpc) is 2.99. The molecule has 0 bridgehead atoms. The fraction of sp³-hybridized carbons (Fsp3) is 0.333. The Morgan fingerprint density at radius 1 is 1.29 bits per heavy atom. The van der Waals surface area contributed by atoms with Gasteiger partial charge in [0, 0.05) is 34.2 Å². The monoisotopic (exact) mass is 396 g/mol. The highest BCUT2D eigenvalue weighted by atomic mass is 35.5. The molecule has 0 N–H and O–H groups in total. The number of carbonyl (C=O) groups is 1. The molecule has 3 heterocycles. The van der Waals surface area contributed by atoms with Crippen molar-refractivity contribution in [1.29, 1.82) is 0 Å². The second-order valence-electron chi connectivity index (χ2n) is 7.79. The zero-order valence-electron chi connectivity index (χ0n) is 16.3. The lowest BCUT2D eigenvalue weighted by Crippen LogP contribution is -2.17. The molecule has 0 amide bonds. The van der Waals surface area contributed by atoms with E-state index in [1.165, 1.54) is 0 Å². The Labute approximate surface area is 168 Å². The molecule has 28 heavy (non-hydrogen) atoms. The molecule has 6 nitrogen and oxygen atoms in total. The molecule has 4 rings (SSSR count). The first kappa shape index (κ1) is 18.6. The quantitative estimate of drug-likeness (QED) is 0.471. The molecule has 0 radical (unpaired) electrons. The summed E-state index contributed by atoms with van der Waals surface area (Å²) in [7, 11) is 0. The van der Waals surface area contributed by atoms with Crippen LogP contribution in [-0.2, 0) is 16.6 Å². The first-order chi connectivity index (χ1) is 13.3. The third kappa shape index (κ3) is 3.07. The van der Waals surface area contributed by atoms with Crippen molar-refractivity contribution < 1.29 is 9.53 Å². The Morgan fingerprint density at radius 3 is 2.79 bits per heavy atom. The van der Waals surface area contributed by atoms with Crippen LogP contribution in [0, 0.1) is 0 Å². The van der Waals surface area contributed by atoms with Crippen LogP contribution in [-0.4, -0.2) is 32.1 Å². The van der Waals surface area contributed by atoms with E-state index in [-0.39, 0.29) is 5.41 Å². The molecule has 1 aromatic carbocycles. The smallest absolute Gasteiger partial charge is 0.358 e. The lowest BCUT2D eigenvalue weighted by Gasteiger charge is -2.18. The van der Waals surface area contributed by atoms with Crippen LogP contribution in [0.5, 0.6) is 0 Å². The summed E-state index contributed by atoms with van der Waals surface area (Å²) in [5.74, 6) is 0.329. The number of benzene rings is 1. The summed E-state index contributed by atoms with van der Waals surface area (Å²) in [4.78, 5) is 26.2. The number of hydrogen-bond acceptors (Lipinski definition) is 5. The predicted molar refractivity (Wildman–Crippen MR) is 107 cm³/mol. The number of halogens is 1. The van der Waals surface area contributed by atoms with Crippen molar-refractivity contribution in [3.63, 3.8) is 0 Å². The second-order valence-corrected chi connectivity index (χ2v) is 8.22. The molecule has 0 saturated heterocycles. The summed E-state index contributed by atoms with van der Waals surface area (Å²) in [6.45, 7) is 8.32. The fourth-order valence-corrected chi connectivity index (χ4v) is 3.51. The van der Waals surface area contributed by atoms with Crippen molar-refractivity contribution in [3.05, 3.63) is 58.5 Å². The van der Waals surface area contributed by atoms with E-state index in [2.05, 4.69) is 30.7 Å². The average molecular weight is 397 g/mol. The maximum absolute atomic E-state index is 12.4. The highest BCUT2D eigenvalue weighted by molar-refractivity contribution is 6.31. The van der Waals surface area contributed by atoms with E-state index >= 15 is 0 Å². The van der Waals surface area contributed by atoms with E-state index in [9.17, 15) is 4.79 Å². The van der Waals surface area contributed by atoms with Gasteiger partial charge in [-0.1, -0.05) is 32.4 Å². The molecule has 2 aromatic heterocycles. The van der Waals surface area contributed by atoms with E-state index in [1.54, 1.807) is 13.3 Å². The Morgan fingerprint density at radius 2 is 2.07 bits per heavy atom. The molecule has 3 aromatic rings. The normalized spacial score (nSPS) is 12.6. The minimum atomic E-state index is -0.428. The fourth-order valence-electron chi connectivity index (χ4n) is 3.34. The first-order valence-corrected chi connectivity index (χ1v) is 9.57. The number of nitrogens with zero attached hydrogens (tertiary/aromatic N) is 4. The van der Waals surface area contributed by atoms with Crippen LogP contribution < -0.4 is 0 Å². The van der Waals surface area contributed by atoms with Crippen LogP contribution >= 0.6 is 11.6 Å². The van der Waals surface area contributed by atoms with Crippen molar-refractivity contribution in [1.82, 2.24) is 19.5 Å². The third-order valence-corrected chi connectivity index (χ3v) is 4.94. The summed E-state index contributed by atoms with van der Waals surface area (Å²) in [6, 6.07) is 5.64. The van der Waals surface area contributed by atoms with Gasteiger partial charge in [0.2, 0.25) is 0 Å². The lowest BCUT2D eigenvalue weighted by atomic mass is 9.94. The molecule has 0 fully saturated rings. The van der Waals surface area contributed by atoms with Crippen LogP contribution in [0.25, 0.3) is 16.9 Å². The van der Waals surface area contributed by atoms with Gasteiger partial charge in [0.05, 0.1) is 23.7 Å². The summed E-state index contributed by atoms with van der Waals surface area (Å²) < 4.78 is 7.10. The zero-order chi connectivity index (χ0) is 20.1. The van der Waals surface area contributed by atoms with Crippen LogP contribution in [0.4, 0.5) is 0 Å². The van der Waals surface area contributed by atoms with E-state index in [1.807, 2.05) is 29.0 Å². The minimum Gasteiger partial charge on any atom is -0.461 e. The highest BCUT2D eigenvalue weighted by Crippen LogP contribution is 2.37. The van der Waals surface area contributed by atoms with Gasteiger partial charge in [-0.05, 0) is 25.1 Å². The summed E-state index contributed by atoms with van der Waals surface area (Å²) in [5.41, 5.74) is 4.40. The molecule has 0 atom stereocenters. The number of carbonyl (C=O) groups excluding carboxylic acids is 1. The number of imidazole rings is 1. The lowest BCUT2D eigenvalue weighted by molar-refractivity contribution is 0.0519. The molecular formula is C21H21ClN4O2. The summed E-state index contributed by atoms with van der Waals surface area (Å²) >= 11 is 6.31. The molecule has 144 valence electrons. The number of esters is 1. The molecule has 0 spiro atoms. The molecular weight excluding hydrogens is 376 g/mol. The van der Waals surface area contributed by atoms with Gasteiger partial charge in [0.1, 0.15) is 12.2 Å². The van der Waals surface area contributed by atoms with Gasteiger partial charge in [-0.25, -0.2) is 19.7 Å². The van der Waals surface area contributed by atoms with Gasteiger partial charge >= 0.3 is 5.97 Å². The number of rotatable bonds is 2. The first-order valence-electron chi connectivity index (χ1n) is 9.19. The van der Waals surface area contributed by atoms with Crippen molar-refractivity contribution in [2.45, 2.75) is 39.5 Å². The van der Waals surface area contributed by atoms with Gasteiger partial charge in [-0.3, -0.25) is 0 Å². The third-order valence-electron chi connectivity index (χ3n) is 4.70. The van der Waals surface area contributed by atoms with Crippen molar-refractivity contribution >= 4 is 17.6 Å². The maximum atomic E-state index is 12.4. The van der Waals surface area contributed by atoms with Crippen LogP contribution in [0.15, 0.2) is 30.7 Å². The largest absolute Gasteiger partial charge is 0.461 e. The van der Waals surface area contributed by atoms with E-state index in [0.29, 0.717) is 23.7 Å². The van der Waals surface area contributed by atoms with E-state index < -0.39 is 5.97 Å². The molecule has 0 aliphatic carbocycles. The Balaban J connectivity index is 1.98. The van der Waals surface area contributed by atoms with E-state index in [4.69, 9.17) is 21.3 Å². The van der Waals surface area contributed by atoms with Crippen LogP contribution in [0.2, 0.25) is 5.02 Å². The number of aromatic nitrogens is 4. The zero-order valence-corrected chi connectivity index (χ0v) is 17.0. The van der Waals surface area contributed by atoms with E-state index in [0.717, 1.165) is 34.0 Å². The molecule has 0 saturated carbocycles. The highest BCUT2D eigenvalue weighted by Gasteiger charge is 2.28. The minimum absolute atomic E-state index is 0.187. The molecule has 1 aliphatic rings. The number of hydrogen-bond donors (Lipinski definition) is 0. The maximum Gasteiger partial charge on any atom is 0.358 e. The van der Waals surface area contributed by atoms with Crippen molar-refractivity contribution in [2.75, 3.05) is 6.61 Å². The van der Waals surface area contributed by atoms with Gasteiger partial charge < -0.3 is 9.30 Å². The SMILES string of the molecule is CCOC(=O)c1ncn2c1Cc1cnc(C(C)(C)C)nc1-c1cc(Cl)ccc1-2. The topological polar surface area (TPSA) is 69.9 Å². The molecule has 7 heteroatoms. The van der Waals surface area contributed by atoms with Gasteiger partial charge in [-0.2, -0.15) is 0 Å². The summed E-state index contributed by atoms with van der Waals surface area (Å²) in [6.07, 6.45) is 3.96. The molecule has 0 unspecified atom stereocenters. The van der Waals surface area contributed by atoms with Gasteiger partial charge in [0.15, 0.2) is 5.69 Å².